The second-order valence-electron chi connectivity index (χ2n) is 10.5. The molecule has 190 valence electrons. The zero-order valence-corrected chi connectivity index (χ0v) is 22.3. The smallest absolute Gasteiger partial charge is 0.126 e. The number of aliphatic hydroxyl groups is 2. The standard InChI is InChI=1S/C24H32O3.C6H15N/c1-4-6-9-16(3)20(25)14-13-18-21(26)15-22-23(18)19-12-8-11-17(10-7-5-2)24(19)27-22;1-5(2)7-6(3)4/h8,11-14,16,18,20-23,25-26H,5,7,9-10,15H2,1-3H3;5-7H,1-4H3/t16-,18+,20-,21-,22+,23+;/m1./s1. The van der Waals surface area contributed by atoms with E-state index in [0.29, 0.717) is 24.9 Å². The number of para-hydroxylation sites is 1. The summed E-state index contributed by atoms with van der Waals surface area (Å²) in [4.78, 5) is 0. The largest absolute Gasteiger partial charge is 0.489 e. The van der Waals surface area contributed by atoms with Gasteiger partial charge in [-0.2, -0.15) is 0 Å². The highest BCUT2D eigenvalue weighted by atomic mass is 16.5. The van der Waals surface area contributed by atoms with E-state index in [1.54, 1.807) is 0 Å². The molecule has 0 radical (unpaired) electrons. The average molecular weight is 470 g/mol. The van der Waals surface area contributed by atoms with Gasteiger partial charge in [-0.1, -0.05) is 78.3 Å². The first-order valence-electron chi connectivity index (χ1n) is 13.2. The molecule has 0 aromatic heterocycles. The maximum atomic E-state index is 10.6. The molecule has 4 nitrogen and oxygen atoms in total. The number of unbranched alkanes of at least 4 members (excludes halogenated alkanes) is 1. The lowest BCUT2D eigenvalue weighted by Gasteiger charge is -2.19. The minimum Gasteiger partial charge on any atom is -0.489 e. The molecule has 1 fully saturated rings. The van der Waals surface area contributed by atoms with E-state index in [2.05, 4.69) is 70.0 Å². The number of ether oxygens (including phenoxy) is 1. The summed E-state index contributed by atoms with van der Waals surface area (Å²) in [5.74, 6) is 7.18. The lowest BCUT2D eigenvalue weighted by Crippen LogP contribution is -2.29. The molecule has 1 aliphatic heterocycles. The van der Waals surface area contributed by atoms with Crippen LogP contribution in [0.15, 0.2) is 30.4 Å². The number of hydrogen-bond acceptors (Lipinski definition) is 4. The fourth-order valence-corrected chi connectivity index (χ4v) is 5.01. The van der Waals surface area contributed by atoms with Gasteiger partial charge in [0.25, 0.3) is 0 Å². The predicted molar refractivity (Wildman–Crippen MR) is 142 cm³/mol. The van der Waals surface area contributed by atoms with Gasteiger partial charge in [-0.05, 0) is 31.2 Å². The molecule has 3 N–H and O–H groups in total. The lowest BCUT2D eigenvalue weighted by atomic mass is 9.86. The van der Waals surface area contributed by atoms with E-state index in [1.165, 1.54) is 17.5 Å². The summed E-state index contributed by atoms with van der Waals surface area (Å²) in [6.45, 7) is 14.6. The molecule has 1 aliphatic carbocycles. The number of aryl methyl sites for hydroxylation is 1. The van der Waals surface area contributed by atoms with Gasteiger partial charge in [-0.15, -0.1) is 11.8 Å². The minimum absolute atomic E-state index is 0.0169. The van der Waals surface area contributed by atoms with Crippen LogP contribution in [-0.4, -0.2) is 40.6 Å². The van der Waals surface area contributed by atoms with Crippen molar-refractivity contribution in [3.8, 4) is 17.6 Å². The third-order valence-electron chi connectivity index (χ3n) is 6.67. The van der Waals surface area contributed by atoms with Crippen molar-refractivity contribution < 1.29 is 14.9 Å². The quantitative estimate of drug-likeness (QED) is 0.325. The van der Waals surface area contributed by atoms with E-state index in [1.807, 2.05) is 26.0 Å². The lowest BCUT2D eigenvalue weighted by molar-refractivity contribution is 0.134. The molecule has 34 heavy (non-hydrogen) atoms. The zero-order chi connectivity index (χ0) is 25.3. The van der Waals surface area contributed by atoms with Gasteiger partial charge >= 0.3 is 0 Å². The van der Waals surface area contributed by atoms with Gasteiger partial charge in [0.1, 0.15) is 11.9 Å². The first kappa shape index (κ1) is 28.4. The van der Waals surface area contributed by atoms with Crippen LogP contribution in [0, 0.1) is 23.7 Å². The van der Waals surface area contributed by atoms with Gasteiger partial charge in [0.05, 0.1) is 12.2 Å². The van der Waals surface area contributed by atoms with Gasteiger partial charge in [-0.25, -0.2) is 0 Å². The third-order valence-corrected chi connectivity index (χ3v) is 6.67. The van der Waals surface area contributed by atoms with Gasteiger partial charge in [0.2, 0.25) is 0 Å². The SMILES string of the molecule is CC#CC[C@@H](C)[C@H](O)C=C[C@@H]1[C@H]2c3cccc(CCCC)c3O[C@H]2C[C@H]1O.CC(C)NC(C)C. The van der Waals surface area contributed by atoms with Gasteiger partial charge < -0.3 is 20.3 Å². The second-order valence-corrected chi connectivity index (χ2v) is 10.5. The van der Waals surface area contributed by atoms with Crippen molar-refractivity contribution >= 4 is 0 Å². The van der Waals surface area contributed by atoms with Crippen molar-refractivity contribution in [3.05, 3.63) is 41.5 Å². The van der Waals surface area contributed by atoms with Crippen LogP contribution >= 0.6 is 0 Å². The Balaban J connectivity index is 0.000000509. The van der Waals surface area contributed by atoms with Crippen molar-refractivity contribution in [1.82, 2.24) is 5.32 Å². The fourth-order valence-electron chi connectivity index (χ4n) is 5.01. The molecule has 4 heteroatoms. The number of benzene rings is 1. The molecule has 1 saturated carbocycles. The molecule has 0 saturated heterocycles. The number of aliphatic hydroxyl groups excluding tert-OH is 2. The Morgan fingerprint density at radius 3 is 2.47 bits per heavy atom. The Morgan fingerprint density at radius 1 is 1.18 bits per heavy atom. The van der Waals surface area contributed by atoms with E-state index in [9.17, 15) is 10.2 Å². The first-order valence-corrected chi connectivity index (χ1v) is 13.2. The molecule has 0 bridgehead atoms. The molecule has 6 atom stereocenters. The van der Waals surface area contributed by atoms with Crippen molar-refractivity contribution in [2.45, 2.75) is 117 Å². The van der Waals surface area contributed by atoms with Crippen molar-refractivity contribution in [2.24, 2.45) is 11.8 Å². The number of fused-ring (bicyclic) bond motifs is 3. The Labute approximate surface area is 208 Å². The van der Waals surface area contributed by atoms with Gasteiger partial charge in [-0.3, -0.25) is 0 Å². The number of hydrogen-bond donors (Lipinski definition) is 3. The minimum atomic E-state index is -0.546. The fraction of sp³-hybridized carbons (Fsp3) is 0.667. The molecule has 3 rings (SSSR count). The number of nitrogens with one attached hydrogen (secondary N) is 1. The monoisotopic (exact) mass is 469 g/mol. The van der Waals surface area contributed by atoms with Crippen LogP contribution in [0.2, 0.25) is 0 Å². The molecule has 1 aromatic carbocycles. The van der Waals surface area contributed by atoms with Crippen LogP contribution in [0.3, 0.4) is 0 Å². The van der Waals surface area contributed by atoms with E-state index in [-0.39, 0.29) is 23.9 Å². The Bertz CT molecular complexity index is 829. The maximum absolute atomic E-state index is 10.6. The first-order chi connectivity index (χ1) is 16.2. The highest BCUT2D eigenvalue weighted by molar-refractivity contribution is 5.49. The normalized spacial score (nSPS) is 24.7. The van der Waals surface area contributed by atoms with E-state index in [4.69, 9.17) is 4.74 Å². The summed E-state index contributed by atoms with van der Waals surface area (Å²) in [5.41, 5.74) is 2.51. The van der Waals surface area contributed by atoms with E-state index in [0.717, 1.165) is 18.6 Å². The summed E-state index contributed by atoms with van der Waals surface area (Å²) in [7, 11) is 0. The Kier molecular flexibility index (Phi) is 11.6. The van der Waals surface area contributed by atoms with Crippen LogP contribution < -0.4 is 10.1 Å². The van der Waals surface area contributed by atoms with Crippen LogP contribution in [0.5, 0.6) is 5.75 Å². The molecule has 1 aromatic rings. The Morgan fingerprint density at radius 2 is 1.88 bits per heavy atom. The molecular weight excluding hydrogens is 422 g/mol. The van der Waals surface area contributed by atoms with Crippen LogP contribution in [0.25, 0.3) is 0 Å². The second kappa shape index (κ2) is 13.9. The van der Waals surface area contributed by atoms with E-state index >= 15 is 0 Å². The average Bonchev–Trinajstić information content (AvgIpc) is 3.28. The van der Waals surface area contributed by atoms with Gasteiger partial charge in [0.15, 0.2) is 0 Å². The highest BCUT2D eigenvalue weighted by Gasteiger charge is 2.48. The predicted octanol–water partition coefficient (Wildman–Crippen LogP) is 5.61. The summed E-state index contributed by atoms with van der Waals surface area (Å²) in [5, 5.41) is 24.3. The Hall–Kier alpha value is -1.80. The highest BCUT2D eigenvalue weighted by Crippen LogP contribution is 2.52. The van der Waals surface area contributed by atoms with Crippen LogP contribution in [0.1, 0.15) is 91.2 Å². The van der Waals surface area contributed by atoms with Crippen LogP contribution in [0.4, 0.5) is 0 Å². The molecule has 0 spiro atoms. The molecule has 1 heterocycles. The van der Waals surface area contributed by atoms with Crippen molar-refractivity contribution in [3.63, 3.8) is 0 Å². The summed E-state index contributed by atoms with van der Waals surface area (Å²) >= 11 is 0. The summed E-state index contributed by atoms with van der Waals surface area (Å²) < 4.78 is 6.29. The maximum Gasteiger partial charge on any atom is 0.126 e. The molecule has 0 unspecified atom stereocenters. The third kappa shape index (κ3) is 7.87. The zero-order valence-electron chi connectivity index (χ0n) is 22.3. The van der Waals surface area contributed by atoms with E-state index < -0.39 is 12.2 Å². The summed E-state index contributed by atoms with van der Waals surface area (Å²) in [6.07, 6.45) is 7.60. The van der Waals surface area contributed by atoms with Crippen LogP contribution in [-0.2, 0) is 6.42 Å². The number of rotatable bonds is 9. The molecule has 2 aliphatic rings. The van der Waals surface area contributed by atoms with Gasteiger partial charge in [0, 0.05) is 42.3 Å². The molecule has 0 amide bonds. The summed E-state index contributed by atoms with van der Waals surface area (Å²) in [6, 6.07) is 7.67. The van der Waals surface area contributed by atoms with Crippen molar-refractivity contribution in [1.29, 1.82) is 0 Å². The topological polar surface area (TPSA) is 61.7 Å². The molecular formula is C30H47NO3. The van der Waals surface area contributed by atoms with Crippen molar-refractivity contribution in [2.75, 3.05) is 0 Å².